The predicted molar refractivity (Wildman–Crippen MR) is 123 cm³/mol. The summed E-state index contributed by atoms with van der Waals surface area (Å²) in [7, 11) is 0. The second-order valence-electron chi connectivity index (χ2n) is 7.88. The zero-order valence-corrected chi connectivity index (χ0v) is 20.2. The third-order valence-electron chi connectivity index (χ3n) is 5.27. The molecular weight excluding hydrogens is 489 g/mol. The summed E-state index contributed by atoms with van der Waals surface area (Å²) < 4.78 is 78.4. The van der Waals surface area contributed by atoms with E-state index in [0.29, 0.717) is 32.5 Å². The minimum Gasteiger partial charge on any atom is -0.482 e. The average molecular weight is 514 g/mol. The summed E-state index contributed by atoms with van der Waals surface area (Å²) in [6.45, 7) is 4.89. The van der Waals surface area contributed by atoms with E-state index < -0.39 is 30.1 Å². The van der Waals surface area contributed by atoms with Gasteiger partial charge in [-0.2, -0.15) is 13.2 Å². The van der Waals surface area contributed by atoms with Crippen molar-refractivity contribution >= 4 is 17.3 Å². The number of ether oxygens (including phenoxy) is 2. The number of hydrogen-bond donors (Lipinski definition) is 0. The first-order valence-corrected chi connectivity index (χ1v) is 11.6. The van der Waals surface area contributed by atoms with E-state index in [1.54, 1.807) is 20.8 Å². The van der Waals surface area contributed by atoms with Gasteiger partial charge in [0.1, 0.15) is 10.8 Å². The summed E-state index contributed by atoms with van der Waals surface area (Å²) in [4.78, 5) is 16.4. The van der Waals surface area contributed by atoms with Crippen LogP contribution in [0.5, 0.6) is 5.75 Å². The molecule has 4 nitrogen and oxygen atoms in total. The van der Waals surface area contributed by atoms with Crippen molar-refractivity contribution in [1.29, 1.82) is 0 Å². The number of benzene rings is 2. The van der Waals surface area contributed by atoms with Crippen LogP contribution in [0.15, 0.2) is 42.5 Å². The van der Waals surface area contributed by atoms with E-state index >= 15 is 0 Å². The van der Waals surface area contributed by atoms with Crippen LogP contribution in [0.1, 0.15) is 40.6 Å². The summed E-state index contributed by atoms with van der Waals surface area (Å²) in [5.41, 5.74) is 0.591. The molecule has 0 amide bonds. The molecule has 0 aliphatic rings. The lowest BCUT2D eigenvalue weighted by atomic mass is 10.0. The molecule has 1 heterocycles. The first kappa shape index (κ1) is 26.6. The molecule has 35 heavy (non-hydrogen) atoms. The molecule has 0 unspecified atom stereocenters. The molecule has 1 aromatic heterocycles. The maximum atomic E-state index is 14.9. The van der Waals surface area contributed by atoms with Crippen molar-refractivity contribution in [2.75, 3.05) is 13.2 Å². The Morgan fingerprint density at radius 3 is 2.26 bits per heavy atom. The van der Waals surface area contributed by atoms with Crippen molar-refractivity contribution in [3.8, 4) is 16.3 Å². The van der Waals surface area contributed by atoms with Gasteiger partial charge in [0, 0.05) is 22.4 Å². The van der Waals surface area contributed by atoms with Crippen molar-refractivity contribution in [3.05, 3.63) is 69.7 Å². The van der Waals surface area contributed by atoms with Gasteiger partial charge in [0.25, 0.3) is 5.92 Å². The van der Waals surface area contributed by atoms with Crippen molar-refractivity contribution in [1.82, 2.24) is 4.98 Å². The highest BCUT2D eigenvalue weighted by Gasteiger charge is 2.33. The normalized spacial score (nSPS) is 12.0. The van der Waals surface area contributed by atoms with Gasteiger partial charge >= 0.3 is 12.1 Å². The molecule has 0 N–H and O–H groups in total. The SMILES string of the molecule is CCOC(=O)COc1ccc(C(F)(F)CCc2sc(-c3ccc(C(F)(F)F)cc3)nc2C)cc1C. The van der Waals surface area contributed by atoms with Crippen LogP contribution in [0.2, 0.25) is 0 Å². The van der Waals surface area contributed by atoms with Crippen molar-refractivity contribution in [3.63, 3.8) is 0 Å². The van der Waals surface area contributed by atoms with Crippen LogP contribution in [0.25, 0.3) is 10.6 Å². The Morgan fingerprint density at radius 2 is 1.66 bits per heavy atom. The molecule has 0 saturated heterocycles. The van der Waals surface area contributed by atoms with Gasteiger partial charge in [-0.15, -0.1) is 11.3 Å². The van der Waals surface area contributed by atoms with Crippen molar-refractivity contribution in [2.45, 2.75) is 45.7 Å². The van der Waals surface area contributed by atoms with Crippen LogP contribution >= 0.6 is 11.3 Å². The lowest BCUT2D eigenvalue weighted by molar-refractivity contribution is -0.145. The van der Waals surface area contributed by atoms with Gasteiger partial charge in [-0.1, -0.05) is 12.1 Å². The number of hydrogen-bond acceptors (Lipinski definition) is 5. The fourth-order valence-electron chi connectivity index (χ4n) is 3.38. The molecule has 0 radical (unpaired) electrons. The smallest absolute Gasteiger partial charge is 0.416 e. The molecule has 3 rings (SSSR count). The number of carbonyl (C=O) groups is 1. The number of thiazole rings is 1. The van der Waals surface area contributed by atoms with Crippen LogP contribution in [0.4, 0.5) is 22.0 Å². The molecule has 0 aliphatic heterocycles. The van der Waals surface area contributed by atoms with E-state index in [1.165, 1.54) is 41.7 Å². The molecule has 0 saturated carbocycles. The first-order valence-electron chi connectivity index (χ1n) is 10.8. The molecule has 0 bridgehead atoms. The summed E-state index contributed by atoms with van der Waals surface area (Å²) in [6, 6.07) is 8.60. The molecule has 188 valence electrons. The summed E-state index contributed by atoms with van der Waals surface area (Å²) in [5, 5.41) is 0.480. The molecular formula is C25H24F5NO3S. The van der Waals surface area contributed by atoms with E-state index in [1.807, 2.05) is 0 Å². The second kappa shape index (κ2) is 10.7. The maximum absolute atomic E-state index is 14.9. The topological polar surface area (TPSA) is 48.4 Å². The Morgan fingerprint density at radius 1 is 1.00 bits per heavy atom. The third kappa shape index (κ3) is 6.78. The largest absolute Gasteiger partial charge is 0.482 e. The van der Waals surface area contributed by atoms with Gasteiger partial charge in [-0.25, -0.2) is 18.6 Å². The van der Waals surface area contributed by atoms with Gasteiger partial charge < -0.3 is 9.47 Å². The molecule has 0 aliphatic carbocycles. The summed E-state index contributed by atoms with van der Waals surface area (Å²) in [6.07, 6.45) is -4.85. The number of halogens is 5. The fourth-order valence-corrected chi connectivity index (χ4v) is 4.45. The van der Waals surface area contributed by atoms with Crippen LogP contribution in [-0.4, -0.2) is 24.2 Å². The number of rotatable bonds is 9. The molecule has 2 aromatic carbocycles. The van der Waals surface area contributed by atoms with E-state index in [-0.39, 0.29) is 25.2 Å². The minimum absolute atomic E-state index is 0.0529. The van der Waals surface area contributed by atoms with E-state index in [9.17, 15) is 26.7 Å². The minimum atomic E-state index is -4.43. The lowest BCUT2D eigenvalue weighted by Gasteiger charge is -2.18. The lowest BCUT2D eigenvalue weighted by Crippen LogP contribution is -2.16. The van der Waals surface area contributed by atoms with Crippen molar-refractivity contribution < 1.29 is 36.2 Å². The summed E-state index contributed by atoms with van der Waals surface area (Å²) >= 11 is 1.19. The van der Waals surface area contributed by atoms with E-state index in [0.717, 1.165) is 12.1 Å². The van der Waals surface area contributed by atoms with Crippen LogP contribution in [0, 0.1) is 13.8 Å². The van der Waals surface area contributed by atoms with Gasteiger partial charge in [0.05, 0.1) is 17.9 Å². The number of carbonyl (C=O) groups excluding carboxylic acids is 1. The number of aromatic nitrogens is 1. The van der Waals surface area contributed by atoms with Gasteiger partial charge in [0.2, 0.25) is 0 Å². The van der Waals surface area contributed by atoms with Crippen LogP contribution < -0.4 is 4.74 Å². The third-order valence-corrected chi connectivity index (χ3v) is 6.53. The number of esters is 1. The van der Waals surface area contributed by atoms with Crippen LogP contribution in [-0.2, 0) is 28.1 Å². The zero-order valence-electron chi connectivity index (χ0n) is 19.3. The predicted octanol–water partition coefficient (Wildman–Crippen LogP) is 7.11. The molecule has 3 aromatic rings. The fraction of sp³-hybridized carbons (Fsp3) is 0.360. The summed E-state index contributed by atoms with van der Waals surface area (Å²) in [5.74, 6) is -3.36. The van der Waals surface area contributed by atoms with E-state index in [2.05, 4.69) is 4.98 Å². The van der Waals surface area contributed by atoms with Gasteiger partial charge in [-0.3, -0.25) is 0 Å². The first-order chi connectivity index (χ1) is 16.4. The molecule has 0 fully saturated rings. The second-order valence-corrected chi connectivity index (χ2v) is 8.96. The number of alkyl halides is 5. The van der Waals surface area contributed by atoms with Gasteiger partial charge in [-0.05, 0) is 63.1 Å². The Bertz CT molecular complexity index is 1170. The highest BCUT2D eigenvalue weighted by Crippen LogP contribution is 2.38. The van der Waals surface area contributed by atoms with E-state index in [4.69, 9.17) is 9.47 Å². The Kier molecular flexibility index (Phi) is 8.15. The number of aryl methyl sites for hydroxylation is 3. The quantitative estimate of drug-likeness (QED) is 0.226. The molecule has 0 atom stereocenters. The molecule has 0 spiro atoms. The van der Waals surface area contributed by atoms with Crippen LogP contribution in [0.3, 0.4) is 0 Å². The number of nitrogens with zero attached hydrogens (tertiary/aromatic N) is 1. The molecule has 10 heteroatoms. The van der Waals surface area contributed by atoms with Crippen molar-refractivity contribution in [2.24, 2.45) is 0 Å². The monoisotopic (exact) mass is 513 g/mol. The Balaban J connectivity index is 1.67. The highest BCUT2D eigenvalue weighted by atomic mass is 32.1. The maximum Gasteiger partial charge on any atom is 0.416 e. The average Bonchev–Trinajstić information content (AvgIpc) is 3.17. The Labute approximate surface area is 203 Å². The standard InChI is InChI=1S/C25H24F5NO3S/c1-4-33-22(32)14-34-20-10-9-19(13-15(20)2)24(26,27)12-11-21-16(3)31-23(35-21)17-5-7-18(8-6-17)25(28,29)30/h5-10,13H,4,11-12,14H2,1-3H3. The van der Waals surface area contributed by atoms with Gasteiger partial charge in [0.15, 0.2) is 6.61 Å². The highest BCUT2D eigenvalue weighted by molar-refractivity contribution is 7.15. The Hall–Kier alpha value is -3.01. The zero-order chi connectivity index (χ0) is 25.8.